The zero-order chi connectivity index (χ0) is 23.6. The molecule has 0 spiro atoms. The minimum absolute atomic E-state index is 0.103. The molecule has 1 aliphatic heterocycles. The molecule has 1 atom stereocenters. The average Bonchev–Trinajstić information content (AvgIpc) is 3.13. The number of carbonyl (C=O) groups is 1. The van der Waals surface area contributed by atoms with E-state index in [9.17, 15) is 4.79 Å². The van der Waals surface area contributed by atoms with Crippen molar-refractivity contribution in [2.24, 2.45) is 0 Å². The number of hydrogen-bond donors (Lipinski definition) is 0. The highest BCUT2D eigenvalue weighted by atomic mass is 16.5. The van der Waals surface area contributed by atoms with Gasteiger partial charge in [0.05, 0.1) is 30.3 Å². The number of para-hydroxylation sites is 2. The lowest BCUT2D eigenvalue weighted by Crippen LogP contribution is -2.32. The van der Waals surface area contributed by atoms with Gasteiger partial charge in [-0.15, -0.1) is 0 Å². The summed E-state index contributed by atoms with van der Waals surface area (Å²) in [5.74, 6) is 1.46. The molecule has 3 aromatic rings. The van der Waals surface area contributed by atoms with Crippen molar-refractivity contribution in [3.8, 4) is 11.4 Å². The van der Waals surface area contributed by atoms with Gasteiger partial charge in [-0.1, -0.05) is 63.6 Å². The van der Waals surface area contributed by atoms with Gasteiger partial charge in [-0.2, -0.15) is 5.10 Å². The summed E-state index contributed by atoms with van der Waals surface area (Å²) in [5.41, 5.74) is 3.99. The molecule has 1 fully saturated rings. The third-order valence-corrected chi connectivity index (χ3v) is 6.18. The lowest BCUT2D eigenvalue weighted by atomic mass is 9.91. The summed E-state index contributed by atoms with van der Waals surface area (Å²) in [6.45, 7) is 7.68. The summed E-state index contributed by atoms with van der Waals surface area (Å²) in [7, 11) is 1.73. The van der Waals surface area contributed by atoms with Gasteiger partial charge in [0.15, 0.2) is 0 Å². The number of aromatic nitrogens is 2. The van der Waals surface area contributed by atoms with E-state index in [1.54, 1.807) is 13.3 Å². The Morgan fingerprint density at radius 3 is 2.48 bits per heavy atom. The molecule has 1 aromatic heterocycles. The number of amides is 1. The van der Waals surface area contributed by atoms with E-state index in [-0.39, 0.29) is 5.91 Å². The molecule has 1 aliphatic rings. The first kappa shape index (κ1) is 24.6. The first-order valence-electron chi connectivity index (χ1n) is 12.3. The van der Waals surface area contributed by atoms with Crippen LogP contribution in [-0.2, 0) is 6.42 Å². The Morgan fingerprint density at radius 2 is 1.76 bits per heavy atom. The zero-order valence-electron chi connectivity index (χ0n) is 20.5. The second kappa shape index (κ2) is 12.2. The summed E-state index contributed by atoms with van der Waals surface area (Å²) in [5, 5.41) is 4.58. The van der Waals surface area contributed by atoms with Gasteiger partial charge in [-0.05, 0) is 55.4 Å². The molecule has 0 bridgehead atoms. The van der Waals surface area contributed by atoms with Crippen molar-refractivity contribution >= 4 is 5.91 Å². The fraction of sp³-hybridized carbons (Fsp3) is 0.429. The molecular formula is C28H37N3O2. The van der Waals surface area contributed by atoms with Crippen LogP contribution in [0, 0.1) is 0 Å². The van der Waals surface area contributed by atoms with E-state index < -0.39 is 0 Å². The molecule has 1 unspecified atom stereocenters. The van der Waals surface area contributed by atoms with E-state index >= 15 is 0 Å². The van der Waals surface area contributed by atoms with Gasteiger partial charge in [0.2, 0.25) is 0 Å². The van der Waals surface area contributed by atoms with Crippen LogP contribution in [0.25, 0.3) is 5.69 Å². The van der Waals surface area contributed by atoms with E-state index in [4.69, 9.17) is 4.74 Å². The molecule has 1 saturated heterocycles. The van der Waals surface area contributed by atoms with Crippen LogP contribution in [0.1, 0.15) is 74.0 Å². The second-order valence-electron chi connectivity index (χ2n) is 8.16. The normalized spacial score (nSPS) is 15.9. The summed E-state index contributed by atoms with van der Waals surface area (Å²) in [6, 6.07) is 18.3. The van der Waals surface area contributed by atoms with Crippen molar-refractivity contribution in [1.29, 1.82) is 0 Å². The standard InChI is InChI=1S/C26H31N3O2.C2H6/c1-3-10-24-23(19-27-29(24)21-12-5-4-6-13-21)26(30)28-17-9-11-20(16-18-28)22-14-7-8-15-25(22)31-2;1-2/h4-8,12-15,19-20H,3,9-11,16-18H2,1-2H3;1-2H3. The first-order chi connectivity index (χ1) is 16.2. The molecule has 2 heterocycles. The maximum Gasteiger partial charge on any atom is 0.257 e. The number of hydrogen-bond acceptors (Lipinski definition) is 3. The Kier molecular flexibility index (Phi) is 9.11. The molecule has 5 nitrogen and oxygen atoms in total. The highest BCUT2D eigenvalue weighted by Crippen LogP contribution is 2.34. The van der Waals surface area contributed by atoms with Crippen molar-refractivity contribution in [3.05, 3.63) is 77.6 Å². The smallest absolute Gasteiger partial charge is 0.257 e. The van der Waals surface area contributed by atoms with Gasteiger partial charge in [0, 0.05) is 13.1 Å². The summed E-state index contributed by atoms with van der Waals surface area (Å²) in [4.78, 5) is 15.5. The number of nitrogens with zero attached hydrogens (tertiary/aromatic N) is 3. The lowest BCUT2D eigenvalue weighted by molar-refractivity contribution is 0.0760. The van der Waals surface area contributed by atoms with Gasteiger partial charge in [0.25, 0.3) is 5.91 Å². The second-order valence-corrected chi connectivity index (χ2v) is 8.16. The number of likely N-dealkylation sites (tertiary alicyclic amines) is 1. The number of methoxy groups -OCH3 is 1. The van der Waals surface area contributed by atoms with E-state index in [1.807, 2.05) is 65.9 Å². The number of ether oxygens (including phenoxy) is 1. The predicted molar refractivity (Wildman–Crippen MR) is 134 cm³/mol. The Morgan fingerprint density at radius 1 is 1.03 bits per heavy atom. The predicted octanol–water partition coefficient (Wildman–Crippen LogP) is 6.27. The quantitative estimate of drug-likeness (QED) is 0.447. The first-order valence-corrected chi connectivity index (χ1v) is 12.3. The third kappa shape index (κ3) is 5.65. The minimum atomic E-state index is 0.103. The van der Waals surface area contributed by atoms with Crippen LogP contribution in [0.5, 0.6) is 5.75 Å². The summed E-state index contributed by atoms with van der Waals surface area (Å²) >= 11 is 0. The highest BCUT2D eigenvalue weighted by molar-refractivity contribution is 5.95. The highest BCUT2D eigenvalue weighted by Gasteiger charge is 2.27. The molecule has 176 valence electrons. The van der Waals surface area contributed by atoms with Crippen LogP contribution in [-0.4, -0.2) is 40.8 Å². The largest absolute Gasteiger partial charge is 0.496 e. The van der Waals surface area contributed by atoms with Gasteiger partial charge >= 0.3 is 0 Å². The molecule has 0 N–H and O–H groups in total. The molecule has 1 amide bonds. The molecular weight excluding hydrogens is 410 g/mol. The van der Waals surface area contributed by atoms with Gasteiger partial charge in [-0.3, -0.25) is 4.79 Å². The van der Waals surface area contributed by atoms with E-state index in [2.05, 4.69) is 24.2 Å². The molecule has 5 heteroatoms. The van der Waals surface area contributed by atoms with Crippen LogP contribution in [0.4, 0.5) is 0 Å². The van der Waals surface area contributed by atoms with Gasteiger partial charge < -0.3 is 9.64 Å². The average molecular weight is 448 g/mol. The Bertz CT molecular complexity index is 1010. The Hall–Kier alpha value is -3.08. The summed E-state index contributed by atoms with van der Waals surface area (Å²) in [6.07, 6.45) is 6.55. The fourth-order valence-electron chi connectivity index (χ4n) is 4.61. The van der Waals surface area contributed by atoms with Crippen LogP contribution >= 0.6 is 0 Å². The van der Waals surface area contributed by atoms with Crippen LogP contribution in [0.3, 0.4) is 0 Å². The SMILES string of the molecule is CC.CCCc1c(C(=O)N2CCCC(c3ccccc3OC)CC2)cnn1-c1ccccc1. The third-order valence-electron chi connectivity index (χ3n) is 6.18. The van der Waals surface area contributed by atoms with Crippen LogP contribution in [0.15, 0.2) is 60.8 Å². The molecule has 33 heavy (non-hydrogen) atoms. The molecule has 0 saturated carbocycles. The molecule has 0 radical (unpaired) electrons. The van der Waals surface area contributed by atoms with Crippen molar-refractivity contribution in [2.45, 2.75) is 58.8 Å². The van der Waals surface area contributed by atoms with Crippen molar-refractivity contribution in [1.82, 2.24) is 14.7 Å². The summed E-state index contributed by atoms with van der Waals surface area (Å²) < 4.78 is 7.50. The van der Waals surface area contributed by atoms with E-state index in [1.165, 1.54) is 5.56 Å². The number of carbonyl (C=O) groups excluding carboxylic acids is 1. The topological polar surface area (TPSA) is 47.4 Å². The molecule has 4 rings (SSSR count). The van der Waals surface area contributed by atoms with E-state index in [0.717, 1.165) is 67.9 Å². The van der Waals surface area contributed by atoms with Crippen molar-refractivity contribution in [2.75, 3.05) is 20.2 Å². The van der Waals surface area contributed by atoms with Gasteiger partial charge in [0.1, 0.15) is 5.75 Å². The minimum Gasteiger partial charge on any atom is -0.496 e. The Labute approximate surface area is 198 Å². The zero-order valence-corrected chi connectivity index (χ0v) is 20.5. The lowest BCUT2D eigenvalue weighted by Gasteiger charge is -2.21. The number of rotatable bonds is 6. The maximum absolute atomic E-state index is 13.5. The van der Waals surface area contributed by atoms with Crippen molar-refractivity contribution in [3.63, 3.8) is 0 Å². The van der Waals surface area contributed by atoms with Crippen molar-refractivity contribution < 1.29 is 9.53 Å². The molecule has 0 aliphatic carbocycles. The fourth-order valence-corrected chi connectivity index (χ4v) is 4.61. The number of benzene rings is 2. The molecule has 2 aromatic carbocycles. The monoisotopic (exact) mass is 447 g/mol. The van der Waals surface area contributed by atoms with Crippen LogP contribution in [0.2, 0.25) is 0 Å². The van der Waals surface area contributed by atoms with Gasteiger partial charge in [-0.25, -0.2) is 4.68 Å². The van der Waals surface area contributed by atoms with Crippen LogP contribution < -0.4 is 4.74 Å². The Balaban J connectivity index is 0.00000149. The van der Waals surface area contributed by atoms with E-state index in [0.29, 0.717) is 5.92 Å². The maximum atomic E-state index is 13.5.